The molecule has 2 nitrogen and oxygen atoms in total. The molecule has 0 saturated carbocycles. The molecule has 16 heavy (non-hydrogen) atoms. The Balaban J connectivity index is 2.93. The maximum atomic E-state index is 13.7. The van der Waals surface area contributed by atoms with Crippen molar-refractivity contribution in [2.45, 2.75) is 26.3 Å². The van der Waals surface area contributed by atoms with E-state index in [1.165, 1.54) is 6.07 Å². The van der Waals surface area contributed by atoms with Crippen LogP contribution in [0.4, 0.5) is 14.5 Å². The van der Waals surface area contributed by atoms with Crippen LogP contribution >= 0.6 is 0 Å². The van der Waals surface area contributed by atoms with Gasteiger partial charge in [0.1, 0.15) is 0 Å². The summed E-state index contributed by atoms with van der Waals surface area (Å²) in [6.45, 7) is 2.79. The molecule has 0 aliphatic carbocycles. The first-order chi connectivity index (χ1) is 7.61. The van der Waals surface area contributed by atoms with Crippen LogP contribution in [0.15, 0.2) is 12.1 Å². The number of nitrogens with zero attached hydrogens (tertiary/aromatic N) is 1. The number of unbranched alkanes of at least 4 members (excludes halogenated alkanes) is 1. The molecule has 0 aliphatic heterocycles. The van der Waals surface area contributed by atoms with E-state index in [2.05, 4.69) is 6.92 Å². The minimum atomic E-state index is -0.830. The molecule has 1 rings (SSSR count). The summed E-state index contributed by atoms with van der Waals surface area (Å²) in [6.07, 6.45) is 1.98. The van der Waals surface area contributed by atoms with Crippen molar-refractivity contribution in [3.05, 3.63) is 29.3 Å². The minimum Gasteiger partial charge on any atom is -0.372 e. The number of nitrogens with two attached hydrogens (primary N) is 1. The van der Waals surface area contributed by atoms with Gasteiger partial charge in [0.2, 0.25) is 0 Å². The fraction of sp³-hybridized carbons (Fsp3) is 0.500. The standard InChI is InChI=1S/C12H18F2N2/c1-3-4-7-16(2)10-6-5-9(8-15)11(13)12(10)14/h5-6H,3-4,7-8,15H2,1-2H3. The summed E-state index contributed by atoms with van der Waals surface area (Å²) in [5, 5.41) is 0. The molecule has 4 heteroatoms. The van der Waals surface area contributed by atoms with Gasteiger partial charge in [-0.2, -0.15) is 0 Å². The summed E-state index contributed by atoms with van der Waals surface area (Å²) >= 11 is 0. The molecule has 0 amide bonds. The molecule has 0 aliphatic rings. The van der Waals surface area contributed by atoms with Crippen molar-refractivity contribution in [1.82, 2.24) is 0 Å². The maximum absolute atomic E-state index is 13.7. The second-order valence-corrected chi connectivity index (χ2v) is 3.85. The van der Waals surface area contributed by atoms with Gasteiger partial charge in [-0.15, -0.1) is 0 Å². The van der Waals surface area contributed by atoms with Gasteiger partial charge >= 0.3 is 0 Å². The number of rotatable bonds is 5. The molecule has 0 heterocycles. The highest BCUT2D eigenvalue weighted by Crippen LogP contribution is 2.23. The van der Waals surface area contributed by atoms with Crippen LogP contribution in [0.25, 0.3) is 0 Å². The summed E-state index contributed by atoms with van der Waals surface area (Å²) in [5.41, 5.74) is 5.81. The largest absolute Gasteiger partial charge is 0.372 e. The summed E-state index contributed by atoms with van der Waals surface area (Å²) < 4.78 is 27.1. The second kappa shape index (κ2) is 5.80. The van der Waals surface area contributed by atoms with Crippen LogP contribution < -0.4 is 10.6 Å². The summed E-state index contributed by atoms with van der Waals surface area (Å²) in [7, 11) is 1.76. The molecule has 0 fully saturated rings. The molecule has 0 bridgehead atoms. The number of halogens is 2. The van der Waals surface area contributed by atoms with Gasteiger partial charge in [-0.25, -0.2) is 8.78 Å². The molecule has 1 aromatic rings. The van der Waals surface area contributed by atoms with Gasteiger partial charge in [-0.1, -0.05) is 19.4 Å². The summed E-state index contributed by atoms with van der Waals surface area (Å²) in [5.74, 6) is -1.63. The SMILES string of the molecule is CCCCN(C)c1ccc(CN)c(F)c1F. The highest BCUT2D eigenvalue weighted by molar-refractivity contribution is 5.49. The molecule has 0 radical (unpaired) electrons. The van der Waals surface area contributed by atoms with Crippen LogP contribution in [-0.4, -0.2) is 13.6 Å². The number of hydrogen-bond donors (Lipinski definition) is 1. The van der Waals surface area contributed by atoms with Gasteiger partial charge in [-0.05, 0) is 12.5 Å². The topological polar surface area (TPSA) is 29.3 Å². The van der Waals surface area contributed by atoms with Gasteiger partial charge in [0.25, 0.3) is 0 Å². The molecule has 0 aromatic heterocycles. The lowest BCUT2D eigenvalue weighted by Gasteiger charge is -2.20. The molecule has 2 N–H and O–H groups in total. The van der Waals surface area contributed by atoms with E-state index >= 15 is 0 Å². The number of benzene rings is 1. The lowest BCUT2D eigenvalue weighted by atomic mass is 10.1. The van der Waals surface area contributed by atoms with Crippen molar-refractivity contribution in [3.63, 3.8) is 0 Å². The monoisotopic (exact) mass is 228 g/mol. The molecule has 1 aromatic carbocycles. The van der Waals surface area contributed by atoms with E-state index in [-0.39, 0.29) is 12.1 Å². The Morgan fingerprint density at radius 3 is 2.50 bits per heavy atom. The van der Waals surface area contributed by atoms with E-state index in [0.29, 0.717) is 5.69 Å². The Morgan fingerprint density at radius 1 is 1.25 bits per heavy atom. The first kappa shape index (κ1) is 12.9. The number of anilines is 1. The van der Waals surface area contributed by atoms with Gasteiger partial charge in [-0.3, -0.25) is 0 Å². The van der Waals surface area contributed by atoms with Crippen LogP contribution in [0.3, 0.4) is 0 Å². The summed E-state index contributed by atoms with van der Waals surface area (Å²) in [4.78, 5) is 1.72. The van der Waals surface area contributed by atoms with Crippen molar-refractivity contribution in [2.75, 3.05) is 18.5 Å². The smallest absolute Gasteiger partial charge is 0.182 e. The average molecular weight is 228 g/mol. The average Bonchev–Trinajstić information content (AvgIpc) is 2.29. The van der Waals surface area contributed by atoms with Gasteiger partial charge < -0.3 is 10.6 Å². The zero-order valence-electron chi connectivity index (χ0n) is 9.76. The minimum absolute atomic E-state index is 0.0156. The van der Waals surface area contributed by atoms with E-state index in [1.807, 2.05) is 0 Å². The predicted molar refractivity (Wildman–Crippen MR) is 62.4 cm³/mol. The fourth-order valence-electron chi connectivity index (χ4n) is 1.55. The van der Waals surface area contributed by atoms with Gasteiger partial charge in [0.05, 0.1) is 5.69 Å². The molecular weight excluding hydrogens is 210 g/mol. The molecule has 0 unspecified atom stereocenters. The van der Waals surface area contributed by atoms with E-state index in [0.717, 1.165) is 19.4 Å². The highest BCUT2D eigenvalue weighted by Gasteiger charge is 2.14. The van der Waals surface area contributed by atoms with E-state index in [1.54, 1.807) is 18.0 Å². The lowest BCUT2D eigenvalue weighted by Crippen LogP contribution is -2.20. The second-order valence-electron chi connectivity index (χ2n) is 3.85. The molecular formula is C12H18F2N2. The fourth-order valence-corrected chi connectivity index (χ4v) is 1.55. The quantitative estimate of drug-likeness (QED) is 0.839. The van der Waals surface area contributed by atoms with E-state index in [4.69, 9.17) is 5.73 Å². The Bertz CT molecular complexity index is 353. The molecule has 0 spiro atoms. The van der Waals surface area contributed by atoms with Crippen LogP contribution in [0, 0.1) is 11.6 Å². The third-order valence-corrected chi connectivity index (χ3v) is 2.62. The molecule has 0 saturated heterocycles. The third-order valence-electron chi connectivity index (χ3n) is 2.62. The molecule has 90 valence electrons. The lowest BCUT2D eigenvalue weighted by molar-refractivity contribution is 0.498. The van der Waals surface area contributed by atoms with Crippen LogP contribution in [-0.2, 0) is 6.54 Å². The van der Waals surface area contributed by atoms with Crippen LogP contribution in [0.2, 0.25) is 0 Å². The number of hydrogen-bond acceptors (Lipinski definition) is 2. The highest BCUT2D eigenvalue weighted by atomic mass is 19.2. The van der Waals surface area contributed by atoms with Crippen molar-refractivity contribution in [2.24, 2.45) is 5.73 Å². The van der Waals surface area contributed by atoms with Crippen molar-refractivity contribution in [1.29, 1.82) is 0 Å². The predicted octanol–water partition coefficient (Wildman–Crippen LogP) is 2.66. The Morgan fingerprint density at radius 2 is 1.94 bits per heavy atom. The van der Waals surface area contributed by atoms with E-state index < -0.39 is 11.6 Å². The van der Waals surface area contributed by atoms with Crippen LogP contribution in [0.5, 0.6) is 0 Å². The van der Waals surface area contributed by atoms with E-state index in [9.17, 15) is 8.78 Å². The van der Waals surface area contributed by atoms with Gasteiger partial charge in [0.15, 0.2) is 11.6 Å². The molecule has 0 atom stereocenters. The Hall–Kier alpha value is -1.16. The zero-order valence-corrected chi connectivity index (χ0v) is 9.76. The first-order valence-corrected chi connectivity index (χ1v) is 5.49. The Kier molecular flexibility index (Phi) is 4.68. The van der Waals surface area contributed by atoms with Crippen molar-refractivity contribution in [3.8, 4) is 0 Å². The Labute approximate surface area is 95.1 Å². The van der Waals surface area contributed by atoms with Crippen molar-refractivity contribution < 1.29 is 8.78 Å². The third kappa shape index (κ3) is 2.70. The normalized spacial score (nSPS) is 10.6. The zero-order chi connectivity index (χ0) is 12.1. The van der Waals surface area contributed by atoms with Crippen LogP contribution in [0.1, 0.15) is 25.3 Å². The van der Waals surface area contributed by atoms with Crippen molar-refractivity contribution >= 4 is 5.69 Å². The summed E-state index contributed by atoms with van der Waals surface area (Å²) in [6, 6.07) is 3.12. The van der Waals surface area contributed by atoms with Gasteiger partial charge in [0, 0.05) is 25.7 Å². The maximum Gasteiger partial charge on any atom is 0.182 e. The first-order valence-electron chi connectivity index (χ1n) is 5.49.